The van der Waals surface area contributed by atoms with E-state index in [4.69, 9.17) is 0 Å². The maximum absolute atomic E-state index is 13.1. The van der Waals surface area contributed by atoms with Crippen molar-refractivity contribution in [3.05, 3.63) is 29.8 Å². The Kier molecular flexibility index (Phi) is 11.3. The molecule has 0 bridgehead atoms. The van der Waals surface area contributed by atoms with Gasteiger partial charge in [-0.2, -0.15) is 0 Å². The van der Waals surface area contributed by atoms with Crippen LogP contribution >= 0.6 is 0 Å². The lowest BCUT2D eigenvalue weighted by molar-refractivity contribution is 0.0661. The number of piperidine rings is 1. The number of nitrogens with zero attached hydrogens (tertiary/aromatic N) is 3. The van der Waals surface area contributed by atoms with Gasteiger partial charge in [0.15, 0.2) is 0 Å². The number of carbonyl (C=O) groups excluding carboxylic acids is 1. The van der Waals surface area contributed by atoms with Crippen LogP contribution in [0.15, 0.2) is 24.3 Å². The molecule has 10 heteroatoms. The van der Waals surface area contributed by atoms with Crippen LogP contribution in [-0.4, -0.2) is 104 Å². The van der Waals surface area contributed by atoms with Crippen LogP contribution in [0.2, 0.25) is 0 Å². The Hall–Kier alpha value is -1.79. The highest BCUT2D eigenvalue weighted by atomic mass is 16.1. The van der Waals surface area contributed by atoms with Crippen molar-refractivity contribution < 1.29 is 4.79 Å². The summed E-state index contributed by atoms with van der Waals surface area (Å²) in [5.41, 5.74) is 8.80. The van der Waals surface area contributed by atoms with E-state index >= 15 is 0 Å². The van der Waals surface area contributed by atoms with Gasteiger partial charge in [-0.25, -0.2) is 10.9 Å². The summed E-state index contributed by atoms with van der Waals surface area (Å²) in [6.07, 6.45) is 11.1. The maximum Gasteiger partial charge on any atom is 0.251 e. The molecule has 10 nitrogen and oxygen atoms in total. The van der Waals surface area contributed by atoms with E-state index in [1.165, 1.54) is 38.5 Å². The lowest BCUT2D eigenvalue weighted by Crippen LogP contribution is -2.59. The lowest BCUT2D eigenvalue weighted by atomic mass is 9.89. The first-order valence-electron chi connectivity index (χ1n) is 16.4. The first kappa shape index (κ1) is 30.7. The molecular weight excluding hydrogens is 514 g/mol. The predicted octanol–water partition coefficient (Wildman–Crippen LogP) is 2.14. The Morgan fingerprint density at radius 3 is 2.83 bits per heavy atom. The minimum absolute atomic E-state index is 0.00817. The van der Waals surface area contributed by atoms with Crippen LogP contribution in [0, 0.1) is 5.92 Å². The van der Waals surface area contributed by atoms with E-state index < -0.39 is 0 Å². The molecule has 4 saturated heterocycles. The molecule has 0 aromatic heterocycles. The predicted molar refractivity (Wildman–Crippen MR) is 166 cm³/mol. The van der Waals surface area contributed by atoms with Crippen LogP contribution in [0.3, 0.4) is 0 Å². The fourth-order valence-electron chi connectivity index (χ4n) is 7.34. The van der Waals surface area contributed by atoms with Crippen molar-refractivity contribution in [1.82, 2.24) is 41.5 Å². The molecule has 0 spiro atoms. The van der Waals surface area contributed by atoms with E-state index in [-0.39, 0.29) is 18.2 Å². The van der Waals surface area contributed by atoms with E-state index in [1.807, 2.05) is 18.2 Å². The van der Waals surface area contributed by atoms with Gasteiger partial charge in [-0.15, -0.1) is 0 Å². The third-order valence-electron chi connectivity index (χ3n) is 9.70. The SMILES string of the molecule is CCCCCC1CCN2C(CNC(=O)c3cccc(NCC4NNC(C5CCNCN5C)N4CCC)c3)CNC2C1. The van der Waals surface area contributed by atoms with Gasteiger partial charge in [0.1, 0.15) is 0 Å². The quantitative estimate of drug-likeness (QED) is 0.200. The normalized spacial score (nSPS) is 31.3. The number of benzene rings is 1. The second-order valence-electron chi connectivity index (χ2n) is 12.6. The topological polar surface area (TPSA) is 99.0 Å². The standard InChI is InChI=1S/C31H55N9O/c1-4-6-7-9-23-13-16-39-26(19-34-28(39)17-23)20-35-31(41)24-10-8-11-25(18-24)33-21-29-36-37-30(40(29)15-5-2)27-12-14-32-22-38(27)3/h8,10-11,18,23,26-30,32-34,36-37H,4-7,9,12-17,19-22H2,1-3H3,(H,35,41). The molecule has 230 valence electrons. The molecule has 41 heavy (non-hydrogen) atoms. The Morgan fingerprint density at radius 1 is 1.10 bits per heavy atom. The third kappa shape index (κ3) is 7.79. The molecule has 6 N–H and O–H groups in total. The number of amides is 1. The minimum atomic E-state index is 0.00817. The van der Waals surface area contributed by atoms with Gasteiger partial charge >= 0.3 is 0 Å². The van der Waals surface area contributed by atoms with E-state index in [1.54, 1.807) is 0 Å². The number of fused-ring (bicyclic) bond motifs is 1. The molecule has 4 aliphatic rings. The van der Waals surface area contributed by atoms with Crippen LogP contribution in [-0.2, 0) is 0 Å². The second-order valence-corrected chi connectivity index (χ2v) is 12.6. The maximum atomic E-state index is 13.1. The number of nitrogens with one attached hydrogen (secondary N) is 6. The first-order valence-corrected chi connectivity index (χ1v) is 16.4. The summed E-state index contributed by atoms with van der Waals surface area (Å²) in [5, 5.41) is 14.0. The summed E-state index contributed by atoms with van der Waals surface area (Å²) in [7, 11) is 2.20. The molecule has 4 aliphatic heterocycles. The molecule has 5 rings (SSSR count). The Labute approximate surface area is 247 Å². The Bertz CT molecular complexity index is 963. The van der Waals surface area contributed by atoms with Gasteiger partial charge in [0.2, 0.25) is 0 Å². The summed E-state index contributed by atoms with van der Waals surface area (Å²) < 4.78 is 0. The van der Waals surface area contributed by atoms with Crippen LogP contribution in [0.5, 0.6) is 0 Å². The van der Waals surface area contributed by atoms with Gasteiger partial charge in [-0.1, -0.05) is 45.6 Å². The number of likely N-dealkylation sites (N-methyl/N-ethyl adjacent to an activating group) is 1. The van der Waals surface area contributed by atoms with Crippen LogP contribution in [0.4, 0.5) is 5.69 Å². The number of rotatable bonds is 13. The third-order valence-corrected chi connectivity index (χ3v) is 9.70. The number of unbranched alkanes of at least 4 members (excludes halogenated alkanes) is 2. The zero-order valence-corrected chi connectivity index (χ0v) is 25.6. The van der Waals surface area contributed by atoms with E-state index in [0.717, 1.165) is 63.8 Å². The lowest BCUT2D eigenvalue weighted by Gasteiger charge is -2.40. The van der Waals surface area contributed by atoms with Gasteiger partial charge in [0.25, 0.3) is 5.91 Å². The molecule has 6 unspecified atom stereocenters. The molecule has 0 radical (unpaired) electrons. The fraction of sp³-hybridized carbons (Fsp3) is 0.774. The van der Waals surface area contributed by atoms with Crippen molar-refractivity contribution >= 4 is 11.6 Å². The van der Waals surface area contributed by atoms with Crippen LogP contribution in [0.25, 0.3) is 0 Å². The van der Waals surface area contributed by atoms with Crippen LogP contribution in [0.1, 0.15) is 75.6 Å². The van der Waals surface area contributed by atoms with Gasteiger partial charge in [-0.3, -0.25) is 19.5 Å². The second kappa shape index (κ2) is 15.1. The molecule has 4 heterocycles. The number of hydrogen-bond acceptors (Lipinski definition) is 9. The molecular formula is C31H55N9O. The smallest absolute Gasteiger partial charge is 0.251 e. The van der Waals surface area contributed by atoms with Crippen molar-refractivity contribution in [1.29, 1.82) is 0 Å². The minimum Gasteiger partial charge on any atom is -0.382 e. The van der Waals surface area contributed by atoms with Gasteiger partial charge in [0.05, 0.1) is 18.5 Å². The van der Waals surface area contributed by atoms with Crippen molar-refractivity contribution in [2.45, 2.75) is 95.8 Å². The summed E-state index contributed by atoms with van der Waals surface area (Å²) in [6, 6.07) is 8.77. The largest absolute Gasteiger partial charge is 0.382 e. The molecule has 1 amide bonds. The van der Waals surface area contributed by atoms with Gasteiger partial charge in [-0.05, 0) is 63.4 Å². The number of anilines is 1. The van der Waals surface area contributed by atoms with Crippen molar-refractivity contribution in [2.75, 3.05) is 58.3 Å². The Morgan fingerprint density at radius 2 is 2.00 bits per heavy atom. The molecule has 6 atom stereocenters. The summed E-state index contributed by atoms with van der Waals surface area (Å²) in [4.78, 5) is 20.7. The number of hydrogen-bond donors (Lipinski definition) is 6. The number of hydrazine groups is 1. The molecule has 4 fully saturated rings. The zero-order chi connectivity index (χ0) is 28.6. The highest BCUT2D eigenvalue weighted by Crippen LogP contribution is 2.30. The van der Waals surface area contributed by atoms with Crippen molar-refractivity contribution in [3.8, 4) is 0 Å². The average Bonchev–Trinajstić information content (AvgIpc) is 3.59. The van der Waals surface area contributed by atoms with E-state index in [9.17, 15) is 4.79 Å². The Balaban J connectivity index is 1.09. The molecule has 1 aromatic carbocycles. The van der Waals surface area contributed by atoms with Crippen LogP contribution < -0.4 is 32.1 Å². The first-order chi connectivity index (χ1) is 20.1. The van der Waals surface area contributed by atoms with Crippen molar-refractivity contribution in [2.24, 2.45) is 5.92 Å². The average molecular weight is 570 g/mol. The zero-order valence-electron chi connectivity index (χ0n) is 25.6. The summed E-state index contributed by atoms with van der Waals surface area (Å²) in [5.74, 6) is 0.855. The van der Waals surface area contributed by atoms with Gasteiger partial charge in [0, 0.05) is 62.7 Å². The number of carbonyl (C=O) groups is 1. The molecule has 1 aromatic rings. The highest BCUT2D eigenvalue weighted by molar-refractivity contribution is 5.95. The van der Waals surface area contributed by atoms with Crippen molar-refractivity contribution in [3.63, 3.8) is 0 Å². The van der Waals surface area contributed by atoms with Gasteiger partial charge < -0.3 is 21.3 Å². The monoisotopic (exact) mass is 569 g/mol. The highest BCUT2D eigenvalue weighted by Gasteiger charge is 2.40. The molecule has 0 aliphatic carbocycles. The van der Waals surface area contributed by atoms with E-state index in [2.05, 4.69) is 73.8 Å². The van der Waals surface area contributed by atoms with E-state index in [0.29, 0.717) is 30.4 Å². The summed E-state index contributed by atoms with van der Waals surface area (Å²) in [6.45, 7) is 11.1. The fourth-order valence-corrected chi connectivity index (χ4v) is 7.34. The molecule has 0 saturated carbocycles. The summed E-state index contributed by atoms with van der Waals surface area (Å²) >= 11 is 0.